The fraction of sp³-hybridized carbons (Fsp3) is 0.923. The number of carboxylic acids is 1. The van der Waals surface area contributed by atoms with Crippen molar-refractivity contribution >= 4 is 17.7 Å². The van der Waals surface area contributed by atoms with Gasteiger partial charge in [0.15, 0.2) is 0 Å². The minimum atomic E-state index is -0.809. The fourth-order valence-electron chi connectivity index (χ4n) is 1.87. The van der Waals surface area contributed by atoms with Crippen molar-refractivity contribution in [1.29, 1.82) is 0 Å². The predicted molar refractivity (Wildman–Crippen MR) is 76.5 cm³/mol. The van der Waals surface area contributed by atoms with Gasteiger partial charge in [-0.25, -0.2) is 0 Å². The van der Waals surface area contributed by atoms with E-state index in [2.05, 4.69) is 5.32 Å². The number of hydrogen-bond acceptors (Lipinski definition) is 5. The maximum atomic E-state index is 11.3. The standard InChI is InChI=1S/C13H25NO4S/c1-13(12(17)18,14-10-4-5-10)6-2-3-7-19-9-11(16)8-15/h10-11,14-16H,2-9H2,1H3,(H,17,18). The van der Waals surface area contributed by atoms with Crippen molar-refractivity contribution in [2.75, 3.05) is 18.1 Å². The van der Waals surface area contributed by atoms with E-state index < -0.39 is 17.6 Å². The summed E-state index contributed by atoms with van der Waals surface area (Å²) in [7, 11) is 0. The van der Waals surface area contributed by atoms with Crippen LogP contribution in [0.2, 0.25) is 0 Å². The number of unbranched alkanes of at least 4 members (excludes halogenated alkanes) is 1. The normalized spacial score (nSPS) is 19.9. The van der Waals surface area contributed by atoms with Crippen LogP contribution in [0, 0.1) is 0 Å². The van der Waals surface area contributed by atoms with Crippen LogP contribution < -0.4 is 5.32 Å². The van der Waals surface area contributed by atoms with Crippen molar-refractivity contribution in [3.8, 4) is 0 Å². The van der Waals surface area contributed by atoms with Gasteiger partial charge in [0.25, 0.3) is 0 Å². The number of thioether (sulfide) groups is 1. The number of nitrogens with one attached hydrogen (secondary N) is 1. The molecule has 6 heteroatoms. The van der Waals surface area contributed by atoms with Crippen LogP contribution in [0.4, 0.5) is 0 Å². The first kappa shape index (κ1) is 16.8. The second-order valence-corrected chi connectivity index (χ2v) is 6.57. The molecule has 2 atom stereocenters. The summed E-state index contributed by atoms with van der Waals surface area (Å²) in [5.74, 6) is 0.645. The van der Waals surface area contributed by atoms with Crippen molar-refractivity contribution in [3.63, 3.8) is 0 Å². The van der Waals surface area contributed by atoms with E-state index >= 15 is 0 Å². The van der Waals surface area contributed by atoms with Gasteiger partial charge in [-0.05, 0) is 38.4 Å². The lowest BCUT2D eigenvalue weighted by Gasteiger charge is -2.26. The van der Waals surface area contributed by atoms with Gasteiger partial charge in [0.2, 0.25) is 0 Å². The lowest BCUT2D eigenvalue weighted by atomic mass is 9.95. The van der Waals surface area contributed by atoms with Crippen molar-refractivity contribution < 1.29 is 20.1 Å². The highest BCUT2D eigenvalue weighted by molar-refractivity contribution is 7.99. The van der Waals surface area contributed by atoms with Crippen LogP contribution in [0.1, 0.15) is 39.0 Å². The van der Waals surface area contributed by atoms with E-state index in [0.29, 0.717) is 18.2 Å². The van der Waals surface area contributed by atoms with Crippen molar-refractivity contribution in [2.45, 2.75) is 56.7 Å². The van der Waals surface area contributed by atoms with Crippen molar-refractivity contribution in [2.24, 2.45) is 0 Å². The Bertz CT molecular complexity index is 286. The number of aliphatic hydroxyl groups is 2. The van der Waals surface area contributed by atoms with Crippen molar-refractivity contribution in [1.82, 2.24) is 5.32 Å². The first-order valence-corrected chi connectivity index (χ1v) is 8.01. The summed E-state index contributed by atoms with van der Waals surface area (Å²) in [5, 5.41) is 30.3. The van der Waals surface area contributed by atoms with Gasteiger partial charge in [-0.3, -0.25) is 10.1 Å². The third kappa shape index (κ3) is 6.61. The topological polar surface area (TPSA) is 89.8 Å². The summed E-state index contributed by atoms with van der Waals surface area (Å²) in [4.78, 5) is 11.3. The Morgan fingerprint density at radius 2 is 2.16 bits per heavy atom. The number of carbonyl (C=O) groups is 1. The average molecular weight is 291 g/mol. The summed E-state index contributed by atoms with van der Waals surface area (Å²) in [6.45, 7) is 1.56. The number of carboxylic acid groups (broad SMARTS) is 1. The number of aliphatic hydroxyl groups excluding tert-OH is 2. The minimum absolute atomic E-state index is 0.199. The molecule has 0 aromatic carbocycles. The van der Waals surface area contributed by atoms with E-state index in [9.17, 15) is 9.90 Å². The van der Waals surface area contributed by atoms with Crippen LogP contribution in [-0.2, 0) is 4.79 Å². The van der Waals surface area contributed by atoms with Gasteiger partial charge in [0.1, 0.15) is 5.54 Å². The molecule has 1 rings (SSSR count). The van der Waals surface area contributed by atoms with E-state index in [4.69, 9.17) is 10.2 Å². The summed E-state index contributed by atoms with van der Waals surface area (Å²) in [5.41, 5.74) is -0.809. The molecule has 0 bridgehead atoms. The highest BCUT2D eigenvalue weighted by Crippen LogP contribution is 2.25. The van der Waals surface area contributed by atoms with E-state index in [1.165, 1.54) is 0 Å². The minimum Gasteiger partial charge on any atom is -0.480 e. The van der Waals surface area contributed by atoms with Gasteiger partial charge >= 0.3 is 5.97 Å². The van der Waals surface area contributed by atoms with Crippen molar-refractivity contribution in [3.05, 3.63) is 0 Å². The Balaban J connectivity index is 2.12. The van der Waals surface area contributed by atoms with Gasteiger partial charge < -0.3 is 15.3 Å². The third-order valence-electron chi connectivity index (χ3n) is 3.31. The molecule has 0 spiro atoms. The fourth-order valence-corrected chi connectivity index (χ4v) is 2.83. The van der Waals surface area contributed by atoms with Crippen LogP contribution in [-0.4, -0.2) is 57.1 Å². The predicted octanol–water partition coefficient (Wildman–Crippen LogP) is 0.838. The molecule has 5 nitrogen and oxygen atoms in total. The molecule has 0 heterocycles. The smallest absolute Gasteiger partial charge is 0.323 e. The van der Waals surface area contributed by atoms with Gasteiger partial charge in [-0.1, -0.05) is 6.42 Å². The monoisotopic (exact) mass is 291 g/mol. The second kappa shape index (κ2) is 8.09. The zero-order valence-corrected chi connectivity index (χ0v) is 12.3. The Kier molecular flexibility index (Phi) is 7.13. The molecule has 112 valence electrons. The first-order valence-electron chi connectivity index (χ1n) is 6.85. The van der Waals surface area contributed by atoms with Gasteiger partial charge in [0.05, 0.1) is 12.7 Å². The molecular weight excluding hydrogens is 266 g/mol. The highest BCUT2D eigenvalue weighted by atomic mass is 32.2. The molecule has 1 saturated carbocycles. The number of rotatable bonds is 11. The highest BCUT2D eigenvalue weighted by Gasteiger charge is 2.37. The second-order valence-electron chi connectivity index (χ2n) is 5.42. The maximum Gasteiger partial charge on any atom is 0.323 e. The lowest BCUT2D eigenvalue weighted by molar-refractivity contribution is -0.144. The number of hydrogen-bond donors (Lipinski definition) is 4. The van der Waals surface area contributed by atoms with Gasteiger partial charge in [-0.15, -0.1) is 0 Å². The Morgan fingerprint density at radius 1 is 1.47 bits per heavy atom. The molecule has 2 unspecified atom stereocenters. The van der Waals surface area contributed by atoms with Crippen LogP contribution >= 0.6 is 11.8 Å². The van der Waals surface area contributed by atoms with Crippen LogP contribution in [0.15, 0.2) is 0 Å². The van der Waals surface area contributed by atoms with Crippen LogP contribution in [0.25, 0.3) is 0 Å². The molecule has 0 saturated heterocycles. The van der Waals surface area contributed by atoms with Gasteiger partial charge in [0, 0.05) is 11.8 Å². The first-order chi connectivity index (χ1) is 8.98. The molecule has 0 aromatic rings. The summed E-state index contributed by atoms with van der Waals surface area (Å²) < 4.78 is 0. The Hall–Kier alpha value is -0.300. The maximum absolute atomic E-state index is 11.3. The molecule has 0 radical (unpaired) electrons. The molecule has 0 aromatic heterocycles. The quantitative estimate of drug-likeness (QED) is 0.422. The largest absolute Gasteiger partial charge is 0.480 e. The van der Waals surface area contributed by atoms with Crippen LogP contribution in [0.5, 0.6) is 0 Å². The molecule has 0 amide bonds. The van der Waals surface area contributed by atoms with E-state index in [-0.39, 0.29) is 6.61 Å². The number of aliphatic carboxylic acids is 1. The molecule has 0 aliphatic heterocycles. The van der Waals surface area contributed by atoms with E-state index in [1.54, 1.807) is 18.7 Å². The molecule has 1 aliphatic carbocycles. The average Bonchev–Trinajstić information content (AvgIpc) is 3.16. The molecule has 1 aliphatic rings. The van der Waals surface area contributed by atoms with Gasteiger partial charge in [-0.2, -0.15) is 11.8 Å². The third-order valence-corrected chi connectivity index (χ3v) is 4.51. The summed E-state index contributed by atoms with van der Waals surface area (Å²) in [6.07, 6.45) is 3.92. The summed E-state index contributed by atoms with van der Waals surface area (Å²) >= 11 is 1.59. The van der Waals surface area contributed by atoms with E-state index in [1.807, 2.05) is 0 Å². The lowest BCUT2D eigenvalue weighted by Crippen LogP contribution is -2.50. The molecule has 1 fully saturated rings. The zero-order chi connectivity index (χ0) is 14.3. The molecule has 19 heavy (non-hydrogen) atoms. The molecular formula is C13H25NO4S. The summed E-state index contributed by atoms with van der Waals surface area (Å²) in [6, 6.07) is 0.384. The SMILES string of the molecule is CC(CCCCSCC(O)CO)(NC1CC1)C(=O)O. The van der Waals surface area contributed by atoms with Crippen LogP contribution in [0.3, 0.4) is 0 Å². The van der Waals surface area contributed by atoms with E-state index in [0.717, 1.165) is 31.4 Å². The molecule has 4 N–H and O–H groups in total. The Morgan fingerprint density at radius 3 is 2.68 bits per heavy atom. The Labute approximate surface area is 118 Å². The zero-order valence-electron chi connectivity index (χ0n) is 11.5.